The van der Waals surface area contributed by atoms with Crippen LogP contribution in [0, 0.1) is 0 Å². The Morgan fingerprint density at radius 1 is 1.46 bits per heavy atom. The van der Waals surface area contributed by atoms with Gasteiger partial charge < -0.3 is 9.79 Å². The molecule has 0 aliphatic rings. The molecule has 13 heavy (non-hydrogen) atoms. The Morgan fingerprint density at radius 3 is 2.31 bits per heavy atom. The molecule has 1 atom stereocenters. The Labute approximate surface area is 75.2 Å². The summed E-state index contributed by atoms with van der Waals surface area (Å²) in [4.78, 5) is 16.6. The highest BCUT2D eigenvalue weighted by molar-refractivity contribution is 7.61. The van der Waals surface area contributed by atoms with Crippen LogP contribution >= 0.6 is 15.6 Å². The van der Waals surface area contributed by atoms with E-state index in [2.05, 4.69) is 19.9 Å². The second-order valence-electron chi connectivity index (χ2n) is 1.79. The average Bonchev–Trinajstić information content (AvgIpc) is 1.98. The van der Waals surface area contributed by atoms with Crippen molar-refractivity contribution >= 4 is 15.6 Å². The largest absolute Gasteiger partial charge is 0.483 e. The number of hydrogen-bond donors (Lipinski definition) is 2. The van der Waals surface area contributed by atoms with Gasteiger partial charge in [-0.15, -0.1) is 6.58 Å². The summed E-state index contributed by atoms with van der Waals surface area (Å²) in [5.74, 6) is 0. The van der Waals surface area contributed by atoms with E-state index in [0.717, 1.165) is 7.11 Å². The molecule has 0 aliphatic heterocycles. The second-order valence-corrected chi connectivity index (χ2v) is 4.94. The Kier molecular flexibility index (Phi) is 5.02. The Hall–Kier alpha value is -0.0000000000000000416. The van der Waals surface area contributed by atoms with Crippen LogP contribution in [0.3, 0.4) is 0 Å². The first-order chi connectivity index (χ1) is 5.83. The molecule has 1 unspecified atom stereocenters. The van der Waals surface area contributed by atoms with Crippen LogP contribution in [0.15, 0.2) is 12.7 Å². The van der Waals surface area contributed by atoms with Gasteiger partial charge in [0.25, 0.3) is 0 Å². The minimum absolute atomic E-state index is 0.203. The van der Waals surface area contributed by atoms with Crippen molar-refractivity contribution in [3.63, 3.8) is 0 Å². The van der Waals surface area contributed by atoms with Gasteiger partial charge in [-0.3, -0.25) is 9.05 Å². The standard InChI is InChI=1S/C4H10O7P2/c1-3-4-10-13(8,9-2)11-12(5,6)7/h3H,1,4H2,2H3,(H2,5,6,7). The van der Waals surface area contributed by atoms with Crippen LogP contribution < -0.4 is 0 Å². The molecule has 0 rings (SSSR count). The predicted molar refractivity (Wildman–Crippen MR) is 43.9 cm³/mol. The molecule has 0 aromatic rings. The summed E-state index contributed by atoms with van der Waals surface area (Å²) >= 11 is 0. The maximum absolute atomic E-state index is 11.1. The van der Waals surface area contributed by atoms with Gasteiger partial charge in [0, 0.05) is 7.11 Å². The molecule has 0 bridgehead atoms. The van der Waals surface area contributed by atoms with Gasteiger partial charge >= 0.3 is 15.6 Å². The van der Waals surface area contributed by atoms with E-state index < -0.39 is 15.6 Å². The molecule has 2 N–H and O–H groups in total. The molecule has 0 aromatic heterocycles. The van der Waals surface area contributed by atoms with Crippen LogP contribution in [-0.4, -0.2) is 23.5 Å². The summed E-state index contributed by atoms with van der Waals surface area (Å²) in [5.41, 5.74) is 0. The first kappa shape index (κ1) is 13.0. The molecule has 0 radical (unpaired) electrons. The topological polar surface area (TPSA) is 102 Å². The quantitative estimate of drug-likeness (QED) is 0.521. The third-order valence-corrected chi connectivity index (χ3v) is 3.34. The summed E-state index contributed by atoms with van der Waals surface area (Å²) in [6.07, 6.45) is 1.23. The Morgan fingerprint density at radius 2 is 2.00 bits per heavy atom. The van der Waals surface area contributed by atoms with Crippen molar-refractivity contribution in [1.29, 1.82) is 0 Å². The molecular formula is C4H10O7P2. The van der Waals surface area contributed by atoms with E-state index in [4.69, 9.17) is 9.79 Å². The molecule has 0 aromatic carbocycles. The monoisotopic (exact) mass is 232 g/mol. The molecule has 0 aliphatic carbocycles. The zero-order valence-electron chi connectivity index (χ0n) is 6.82. The fourth-order valence-electron chi connectivity index (χ4n) is 0.384. The van der Waals surface area contributed by atoms with E-state index in [1.165, 1.54) is 6.08 Å². The fraction of sp³-hybridized carbons (Fsp3) is 0.500. The molecule has 78 valence electrons. The molecule has 0 saturated heterocycles. The van der Waals surface area contributed by atoms with E-state index in [1.807, 2.05) is 0 Å². The normalized spacial score (nSPS) is 16.5. The third kappa shape index (κ3) is 6.12. The molecule has 9 heteroatoms. The summed E-state index contributed by atoms with van der Waals surface area (Å²) in [5, 5.41) is 0. The minimum Gasteiger partial charge on any atom is -0.302 e. The minimum atomic E-state index is -4.89. The van der Waals surface area contributed by atoms with Crippen molar-refractivity contribution in [2.75, 3.05) is 13.7 Å². The summed E-state index contributed by atoms with van der Waals surface area (Å²) in [6.45, 7) is 3.04. The highest BCUT2D eigenvalue weighted by Gasteiger charge is 2.34. The zero-order chi connectivity index (χ0) is 10.5. The smallest absolute Gasteiger partial charge is 0.302 e. The van der Waals surface area contributed by atoms with Crippen LogP contribution in [0.2, 0.25) is 0 Å². The maximum atomic E-state index is 11.1. The lowest BCUT2D eigenvalue weighted by Gasteiger charge is -2.14. The SMILES string of the molecule is C=CCOP(=O)(OC)OP(=O)(O)O. The fourth-order valence-corrected chi connectivity index (χ4v) is 2.27. The van der Waals surface area contributed by atoms with E-state index in [0.29, 0.717) is 0 Å². The average molecular weight is 232 g/mol. The Bertz CT molecular complexity index is 255. The molecule has 0 spiro atoms. The number of hydrogen-bond acceptors (Lipinski definition) is 5. The van der Waals surface area contributed by atoms with Gasteiger partial charge in [0.1, 0.15) is 0 Å². The lowest BCUT2D eigenvalue weighted by molar-refractivity contribution is 0.171. The van der Waals surface area contributed by atoms with Gasteiger partial charge in [-0.05, 0) is 0 Å². The number of phosphoric ester groups is 1. The predicted octanol–water partition coefficient (Wildman–Crippen LogP) is 1.05. The van der Waals surface area contributed by atoms with Crippen LogP contribution in [0.4, 0.5) is 0 Å². The molecular weight excluding hydrogens is 222 g/mol. The van der Waals surface area contributed by atoms with Gasteiger partial charge in [-0.25, -0.2) is 9.13 Å². The summed E-state index contributed by atoms with van der Waals surface area (Å²) in [6, 6.07) is 0. The van der Waals surface area contributed by atoms with E-state index in [1.54, 1.807) is 0 Å². The first-order valence-electron chi connectivity index (χ1n) is 3.01. The summed E-state index contributed by atoms with van der Waals surface area (Å²) < 4.78 is 33.8. The van der Waals surface area contributed by atoms with Gasteiger partial charge in [0.05, 0.1) is 6.61 Å². The second kappa shape index (κ2) is 5.02. The third-order valence-electron chi connectivity index (χ3n) is 0.780. The highest BCUT2D eigenvalue weighted by atomic mass is 31.3. The Balaban J connectivity index is 4.37. The van der Waals surface area contributed by atoms with Crippen molar-refractivity contribution < 1.29 is 32.3 Å². The van der Waals surface area contributed by atoms with Crippen molar-refractivity contribution in [3.05, 3.63) is 12.7 Å². The molecule has 7 nitrogen and oxygen atoms in total. The zero-order valence-corrected chi connectivity index (χ0v) is 8.61. The molecule has 0 fully saturated rings. The van der Waals surface area contributed by atoms with E-state index in [-0.39, 0.29) is 6.61 Å². The van der Waals surface area contributed by atoms with Crippen molar-refractivity contribution in [3.8, 4) is 0 Å². The molecule has 0 saturated carbocycles. The highest BCUT2D eigenvalue weighted by Crippen LogP contribution is 2.60. The maximum Gasteiger partial charge on any atom is 0.483 e. The van der Waals surface area contributed by atoms with Crippen molar-refractivity contribution in [2.45, 2.75) is 0 Å². The number of rotatable bonds is 6. The van der Waals surface area contributed by atoms with Gasteiger partial charge in [-0.2, -0.15) is 4.31 Å². The van der Waals surface area contributed by atoms with Crippen molar-refractivity contribution in [2.24, 2.45) is 0 Å². The lowest BCUT2D eigenvalue weighted by atomic mass is 10.7. The molecule has 0 amide bonds. The lowest BCUT2D eigenvalue weighted by Crippen LogP contribution is -1.96. The first-order valence-corrected chi connectivity index (χ1v) is 6.00. The van der Waals surface area contributed by atoms with Crippen LogP contribution in [0.25, 0.3) is 0 Å². The van der Waals surface area contributed by atoms with Crippen molar-refractivity contribution in [1.82, 2.24) is 0 Å². The van der Waals surface area contributed by atoms with Crippen LogP contribution in [0.5, 0.6) is 0 Å². The van der Waals surface area contributed by atoms with Gasteiger partial charge in [0.2, 0.25) is 0 Å². The van der Waals surface area contributed by atoms with E-state index >= 15 is 0 Å². The summed E-state index contributed by atoms with van der Waals surface area (Å²) in [7, 11) is -8.12. The van der Waals surface area contributed by atoms with Crippen LogP contribution in [-0.2, 0) is 22.5 Å². The van der Waals surface area contributed by atoms with Gasteiger partial charge in [-0.1, -0.05) is 6.08 Å². The molecule has 0 heterocycles. The van der Waals surface area contributed by atoms with Gasteiger partial charge in [0.15, 0.2) is 0 Å². The van der Waals surface area contributed by atoms with Crippen LogP contribution in [0.1, 0.15) is 0 Å². The van der Waals surface area contributed by atoms with E-state index in [9.17, 15) is 9.13 Å². The number of phosphoric acid groups is 2.